The Bertz CT molecular complexity index is 686. The third-order valence-corrected chi connectivity index (χ3v) is 7.75. The number of carbonyl (C=O) groups excluding carboxylic acids is 2. The fourth-order valence-corrected chi connectivity index (χ4v) is 6.57. The zero-order chi connectivity index (χ0) is 20.5. The van der Waals surface area contributed by atoms with Crippen molar-refractivity contribution in [3.05, 3.63) is 23.3 Å². The molecule has 3 heteroatoms. The molecule has 0 N–H and O–H groups in total. The van der Waals surface area contributed by atoms with Crippen LogP contribution >= 0.6 is 0 Å². The van der Waals surface area contributed by atoms with Gasteiger partial charge in [-0.15, -0.1) is 0 Å². The normalized spacial score (nSPS) is 34.8. The van der Waals surface area contributed by atoms with E-state index in [4.69, 9.17) is 4.74 Å². The lowest BCUT2D eigenvalue weighted by molar-refractivity contribution is -0.165. The number of carbonyl (C=O) groups is 2. The molecule has 0 unspecified atom stereocenters. The fourth-order valence-electron chi connectivity index (χ4n) is 6.57. The molecule has 3 nitrogen and oxygen atoms in total. The van der Waals surface area contributed by atoms with Gasteiger partial charge in [-0.1, -0.05) is 44.1 Å². The van der Waals surface area contributed by atoms with E-state index in [1.54, 1.807) is 6.92 Å². The number of ketones is 1. The van der Waals surface area contributed by atoms with E-state index in [1.807, 2.05) is 0 Å². The molecule has 0 bridgehead atoms. The van der Waals surface area contributed by atoms with E-state index < -0.39 is 5.41 Å². The Balaban J connectivity index is 2.07. The summed E-state index contributed by atoms with van der Waals surface area (Å²) < 4.78 is 5.82. The van der Waals surface area contributed by atoms with Gasteiger partial charge < -0.3 is 4.74 Å². The zero-order valence-corrected chi connectivity index (χ0v) is 18.5. The minimum absolute atomic E-state index is 0.0294. The molecule has 0 heterocycles. The van der Waals surface area contributed by atoms with Crippen molar-refractivity contribution in [2.45, 2.75) is 86.0 Å². The van der Waals surface area contributed by atoms with Crippen LogP contribution in [0.1, 0.15) is 86.0 Å². The quantitative estimate of drug-likeness (QED) is 0.413. The molecule has 2 fully saturated rings. The Morgan fingerprint density at radius 3 is 2.61 bits per heavy atom. The Hall–Kier alpha value is -1.38. The van der Waals surface area contributed by atoms with Crippen molar-refractivity contribution in [1.82, 2.24) is 0 Å². The van der Waals surface area contributed by atoms with Crippen LogP contribution in [0.2, 0.25) is 0 Å². The van der Waals surface area contributed by atoms with Crippen molar-refractivity contribution in [2.75, 3.05) is 6.61 Å². The third-order valence-electron chi connectivity index (χ3n) is 7.75. The summed E-state index contributed by atoms with van der Waals surface area (Å²) in [4.78, 5) is 25.7. The van der Waals surface area contributed by atoms with E-state index in [9.17, 15) is 9.59 Å². The summed E-state index contributed by atoms with van der Waals surface area (Å²) in [6.45, 7) is 11.0. The second-order valence-electron chi connectivity index (χ2n) is 9.93. The van der Waals surface area contributed by atoms with Crippen molar-refractivity contribution < 1.29 is 14.3 Å². The van der Waals surface area contributed by atoms with Crippen molar-refractivity contribution in [1.29, 1.82) is 0 Å². The molecule has 3 rings (SSSR count). The highest BCUT2D eigenvalue weighted by Crippen LogP contribution is 2.66. The maximum atomic E-state index is 13.5. The first-order chi connectivity index (χ1) is 13.3. The number of rotatable bonds is 6. The van der Waals surface area contributed by atoms with Gasteiger partial charge in [0.05, 0.1) is 12.0 Å². The minimum atomic E-state index is -0.395. The van der Waals surface area contributed by atoms with E-state index >= 15 is 0 Å². The molecule has 0 radical (unpaired) electrons. The molecule has 0 saturated heterocycles. The largest absolute Gasteiger partial charge is 0.465 e. The van der Waals surface area contributed by atoms with Gasteiger partial charge in [-0.3, -0.25) is 9.59 Å². The molecule has 0 spiro atoms. The summed E-state index contributed by atoms with van der Waals surface area (Å²) in [5.41, 5.74) is 2.29. The summed E-state index contributed by atoms with van der Waals surface area (Å²) in [6.07, 6.45) is 12.0. The number of esters is 1. The molecule has 0 aliphatic heterocycles. The van der Waals surface area contributed by atoms with Crippen LogP contribution in [0, 0.1) is 28.6 Å². The third kappa shape index (κ3) is 3.50. The van der Waals surface area contributed by atoms with Crippen LogP contribution < -0.4 is 0 Å². The number of ether oxygens (including phenoxy) is 1. The predicted molar refractivity (Wildman–Crippen MR) is 113 cm³/mol. The SMILES string of the molecule is CCCOC(=O)[C@]12CC[C@@]3(CC(C)=O)CC=C(C)CC=C3[C@@H]1CC[C@@H]2C(C)C. The van der Waals surface area contributed by atoms with Crippen molar-refractivity contribution in [2.24, 2.45) is 28.6 Å². The first-order valence-corrected chi connectivity index (χ1v) is 11.3. The predicted octanol–water partition coefficient (Wildman–Crippen LogP) is 6.03. The highest BCUT2D eigenvalue weighted by Gasteiger charge is 2.63. The summed E-state index contributed by atoms with van der Waals surface area (Å²) in [5, 5.41) is 0. The average molecular weight is 387 g/mol. The molecular formula is C25H38O3. The van der Waals surface area contributed by atoms with Gasteiger partial charge in [0.2, 0.25) is 0 Å². The Labute approximate surface area is 171 Å². The van der Waals surface area contributed by atoms with Crippen LogP contribution in [0.25, 0.3) is 0 Å². The molecule has 0 aromatic heterocycles. The molecule has 0 amide bonds. The highest BCUT2D eigenvalue weighted by molar-refractivity contribution is 5.81. The molecule has 3 aliphatic carbocycles. The second-order valence-corrected chi connectivity index (χ2v) is 9.93. The van der Waals surface area contributed by atoms with Crippen LogP contribution in [-0.2, 0) is 14.3 Å². The van der Waals surface area contributed by atoms with Gasteiger partial charge in [0.25, 0.3) is 0 Å². The average Bonchev–Trinajstić information content (AvgIpc) is 2.96. The Morgan fingerprint density at radius 1 is 1.21 bits per heavy atom. The summed E-state index contributed by atoms with van der Waals surface area (Å²) in [7, 11) is 0. The van der Waals surface area contributed by atoms with Crippen LogP contribution in [0.5, 0.6) is 0 Å². The zero-order valence-electron chi connectivity index (χ0n) is 18.5. The molecule has 3 aliphatic rings. The van der Waals surface area contributed by atoms with E-state index in [0.29, 0.717) is 24.9 Å². The molecule has 4 atom stereocenters. The van der Waals surface area contributed by atoms with Gasteiger partial charge in [-0.2, -0.15) is 0 Å². The lowest BCUT2D eigenvalue weighted by atomic mass is 9.51. The van der Waals surface area contributed by atoms with Gasteiger partial charge in [-0.25, -0.2) is 0 Å². The molecule has 2 saturated carbocycles. The van der Waals surface area contributed by atoms with Crippen LogP contribution in [0.4, 0.5) is 0 Å². The van der Waals surface area contributed by atoms with Crippen LogP contribution in [0.3, 0.4) is 0 Å². The van der Waals surface area contributed by atoms with E-state index in [0.717, 1.165) is 44.9 Å². The van der Waals surface area contributed by atoms with Crippen LogP contribution in [0.15, 0.2) is 23.3 Å². The van der Waals surface area contributed by atoms with E-state index in [1.165, 1.54) is 11.1 Å². The first-order valence-electron chi connectivity index (χ1n) is 11.3. The van der Waals surface area contributed by atoms with Crippen molar-refractivity contribution in [3.8, 4) is 0 Å². The minimum Gasteiger partial charge on any atom is -0.465 e. The van der Waals surface area contributed by atoms with Gasteiger partial charge in [0.1, 0.15) is 5.78 Å². The second kappa shape index (κ2) is 8.16. The number of hydrogen-bond acceptors (Lipinski definition) is 3. The van der Waals surface area contributed by atoms with Gasteiger partial charge in [0, 0.05) is 11.8 Å². The Kier molecular flexibility index (Phi) is 6.22. The van der Waals surface area contributed by atoms with Crippen molar-refractivity contribution >= 4 is 11.8 Å². The Morgan fingerprint density at radius 2 is 1.96 bits per heavy atom. The molecule has 28 heavy (non-hydrogen) atoms. The topological polar surface area (TPSA) is 43.4 Å². The van der Waals surface area contributed by atoms with Crippen LogP contribution in [-0.4, -0.2) is 18.4 Å². The highest BCUT2D eigenvalue weighted by atomic mass is 16.5. The van der Waals surface area contributed by atoms with Crippen molar-refractivity contribution in [3.63, 3.8) is 0 Å². The maximum absolute atomic E-state index is 13.5. The van der Waals surface area contributed by atoms with Gasteiger partial charge in [-0.05, 0) is 76.5 Å². The van der Waals surface area contributed by atoms with E-state index in [2.05, 4.69) is 39.8 Å². The maximum Gasteiger partial charge on any atom is 0.312 e. The summed E-state index contributed by atoms with van der Waals surface area (Å²) >= 11 is 0. The summed E-state index contributed by atoms with van der Waals surface area (Å²) in [5.74, 6) is 1.36. The fraction of sp³-hybridized carbons (Fsp3) is 0.760. The molecule has 156 valence electrons. The summed E-state index contributed by atoms with van der Waals surface area (Å²) in [6, 6.07) is 0. The number of Topliss-reactive ketones (excluding diaryl/α,β-unsaturated/α-hetero) is 1. The lowest BCUT2D eigenvalue weighted by Gasteiger charge is -2.51. The van der Waals surface area contributed by atoms with Gasteiger partial charge in [0.15, 0.2) is 0 Å². The molecule has 0 aromatic rings. The monoisotopic (exact) mass is 386 g/mol. The number of fused-ring (bicyclic) bond motifs is 3. The van der Waals surface area contributed by atoms with Gasteiger partial charge >= 0.3 is 5.97 Å². The number of allylic oxidation sites excluding steroid dienone is 4. The first kappa shape index (κ1) is 21.3. The van der Waals surface area contributed by atoms with E-state index in [-0.39, 0.29) is 23.1 Å². The smallest absolute Gasteiger partial charge is 0.312 e. The standard InChI is InChI=1S/C25H38O3/c1-6-15-28-23(27)25-14-13-24(16-19(5)26)12-11-18(4)7-8-21(24)22(25)10-9-20(25)17(2)3/h8,11,17,20,22H,6-7,9-10,12-16H2,1-5H3/t20-,22+,24-,25+/m1/s1. The number of hydrogen-bond donors (Lipinski definition) is 0. The molecule has 0 aromatic carbocycles. The lowest BCUT2D eigenvalue weighted by Crippen LogP contribution is -2.50. The molecular weight excluding hydrogens is 348 g/mol.